The van der Waals surface area contributed by atoms with Crippen LogP contribution in [0.25, 0.3) is 33.3 Å². The summed E-state index contributed by atoms with van der Waals surface area (Å²) in [6.07, 6.45) is 0. The first-order valence-corrected chi connectivity index (χ1v) is 10.4. The van der Waals surface area contributed by atoms with Gasteiger partial charge in [-0.2, -0.15) is 0 Å². The van der Waals surface area contributed by atoms with Crippen LogP contribution in [-0.2, 0) is 0 Å². The molecular formula is C26H17ClO6. The van der Waals surface area contributed by atoms with Crippen molar-refractivity contribution in [1.82, 2.24) is 0 Å². The van der Waals surface area contributed by atoms with Gasteiger partial charge < -0.3 is 18.3 Å². The number of carbonyl (C=O) groups is 1. The van der Waals surface area contributed by atoms with Gasteiger partial charge in [0.2, 0.25) is 0 Å². The molecular weight excluding hydrogens is 444 g/mol. The van der Waals surface area contributed by atoms with Gasteiger partial charge in [0.05, 0.1) is 17.7 Å². The molecule has 0 saturated carbocycles. The lowest BCUT2D eigenvalue weighted by Crippen LogP contribution is -2.10. The average molecular weight is 461 g/mol. The van der Waals surface area contributed by atoms with Crippen molar-refractivity contribution < 1.29 is 23.1 Å². The fourth-order valence-electron chi connectivity index (χ4n) is 3.72. The third-order valence-electron chi connectivity index (χ3n) is 5.33. The fourth-order valence-corrected chi connectivity index (χ4v) is 3.93. The summed E-state index contributed by atoms with van der Waals surface area (Å²) in [6.45, 7) is 1.76. The Labute approximate surface area is 192 Å². The molecule has 0 atom stereocenters. The zero-order valence-corrected chi connectivity index (χ0v) is 18.4. The lowest BCUT2D eigenvalue weighted by molar-refractivity contribution is 0.0734. The van der Waals surface area contributed by atoms with E-state index in [0.29, 0.717) is 50.0 Å². The molecule has 3 aromatic carbocycles. The van der Waals surface area contributed by atoms with Gasteiger partial charge in [-0.25, -0.2) is 9.59 Å². The number of aryl methyl sites for hydroxylation is 1. The Bertz CT molecular complexity index is 1590. The standard InChI is InChI=1S/C26H17ClO6/c1-14-10-22-17(12-21(14)33-26(29)16-7-3-4-8-19(16)27)18(13-24(28)31-22)23-11-15-6-5-9-20(30-2)25(15)32-23/h3-13H,1-2H3. The molecule has 0 aliphatic carbocycles. The quantitative estimate of drug-likeness (QED) is 0.175. The number of hydrogen-bond donors (Lipinski definition) is 0. The molecule has 6 nitrogen and oxygen atoms in total. The van der Waals surface area contributed by atoms with Gasteiger partial charge in [0.25, 0.3) is 0 Å². The van der Waals surface area contributed by atoms with E-state index >= 15 is 0 Å². The molecule has 5 rings (SSSR count). The molecule has 0 N–H and O–H groups in total. The van der Waals surface area contributed by atoms with E-state index < -0.39 is 11.6 Å². The Morgan fingerprint density at radius 2 is 1.76 bits per heavy atom. The number of carbonyl (C=O) groups excluding carboxylic acids is 1. The maximum absolute atomic E-state index is 12.7. The SMILES string of the molecule is COc1cccc2cc(-c3cc(=O)oc4cc(C)c(OC(=O)c5ccccc5Cl)cc34)oc12. The minimum Gasteiger partial charge on any atom is -0.493 e. The first-order chi connectivity index (χ1) is 15.9. The Morgan fingerprint density at radius 3 is 2.55 bits per heavy atom. The predicted molar refractivity (Wildman–Crippen MR) is 125 cm³/mol. The smallest absolute Gasteiger partial charge is 0.345 e. The molecule has 0 unspecified atom stereocenters. The zero-order valence-electron chi connectivity index (χ0n) is 17.7. The van der Waals surface area contributed by atoms with Gasteiger partial charge in [-0.05, 0) is 48.9 Å². The van der Waals surface area contributed by atoms with Crippen molar-refractivity contribution in [2.24, 2.45) is 0 Å². The molecule has 0 aliphatic heterocycles. The van der Waals surface area contributed by atoms with Crippen LogP contribution in [0.3, 0.4) is 0 Å². The molecule has 0 amide bonds. The monoisotopic (exact) mass is 460 g/mol. The van der Waals surface area contributed by atoms with Gasteiger partial charge in [0.15, 0.2) is 11.3 Å². The molecule has 2 aromatic heterocycles. The van der Waals surface area contributed by atoms with Crippen molar-refractivity contribution in [2.75, 3.05) is 7.11 Å². The number of para-hydroxylation sites is 1. The van der Waals surface area contributed by atoms with Crippen molar-refractivity contribution in [2.45, 2.75) is 6.92 Å². The van der Waals surface area contributed by atoms with Crippen LogP contribution in [0.4, 0.5) is 0 Å². The molecule has 0 saturated heterocycles. The van der Waals surface area contributed by atoms with E-state index in [2.05, 4.69) is 0 Å². The molecule has 0 bridgehead atoms. The van der Waals surface area contributed by atoms with Crippen LogP contribution in [0.1, 0.15) is 15.9 Å². The maximum atomic E-state index is 12.7. The van der Waals surface area contributed by atoms with Crippen molar-refractivity contribution in [1.29, 1.82) is 0 Å². The Balaban J connectivity index is 1.65. The molecule has 0 aliphatic rings. The number of furan rings is 1. The van der Waals surface area contributed by atoms with Crippen molar-refractivity contribution >= 4 is 39.5 Å². The third kappa shape index (κ3) is 3.75. The summed E-state index contributed by atoms with van der Waals surface area (Å²) >= 11 is 6.13. The summed E-state index contributed by atoms with van der Waals surface area (Å²) in [5.74, 6) is 0.766. The van der Waals surface area contributed by atoms with E-state index in [1.54, 1.807) is 56.5 Å². The summed E-state index contributed by atoms with van der Waals surface area (Å²) in [6, 6.07) is 18.7. The van der Waals surface area contributed by atoms with Gasteiger partial charge in [0.1, 0.15) is 17.1 Å². The summed E-state index contributed by atoms with van der Waals surface area (Å²) < 4.78 is 22.5. The normalized spacial score (nSPS) is 11.1. The first kappa shape index (κ1) is 20.8. The minimum absolute atomic E-state index is 0.253. The highest BCUT2D eigenvalue weighted by Gasteiger charge is 2.19. The highest BCUT2D eigenvalue weighted by molar-refractivity contribution is 6.33. The highest BCUT2D eigenvalue weighted by atomic mass is 35.5. The lowest BCUT2D eigenvalue weighted by atomic mass is 10.0. The molecule has 0 radical (unpaired) electrons. The number of ether oxygens (including phenoxy) is 2. The zero-order chi connectivity index (χ0) is 23.1. The van der Waals surface area contributed by atoms with Gasteiger partial charge in [-0.15, -0.1) is 0 Å². The topological polar surface area (TPSA) is 78.9 Å². The maximum Gasteiger partial charge on any atom is 0.345 e. The van der Waals surface area contributed by atoms with Gasteiger partial charge in [0, 0.05) is 22.4 Å². The highest BCUT2D eigenvalue weighted by Crippen LogP contribution is 2.37. The first-order valence-electron chi connectivity index (χ1n) is 10.1. The van der Waals surface area contributed by atoms with E-state index in [4.69, 9.17) is 29.9 Å². The average Bonchev–Trinajstić information content (AvgIpc) is 3.24. The number of rotatable bonds is 4. The largest absolute Gasteiger partial charge is 0.493 e. The summed E-state index contributed by atoms with van der Waals surface area (Å²) in [5, 5.41) is 1.67. The molecule has 0 spiro atoms. The molecule has 2 heterocycles. The summed E-state index contributed by atoms with van der Waals surface area (Å²) in [4.78, 5) is 25.0. The summed E-state index contributed by atoms with van der Waals surface area (Å²) in [7, 11) is 1.56. The molecule has 164 valence electrons. The Hall–Kier alpha value is -4.03. The van der Waals surface area contributed by atoms with Crippen LogP contribution < -0.4 is 15.1 Å². The van der Waals surface area contributed by atoms with E-state index in [1.165, 1.54) is 6.07 Å². The van der Waals surface area contributed by atoms with Crippen LogP contribution >= 0.6 is 11.6 Å². The van der Waals surface area contributed by atoms with Crippen LogP contribution in [-0.4, -0.2) is 13.1 Å². The van der Waals surface area contributed by atoms with Crippen LogP contribution in [0.2, 0.25) is 5.02 Å². The third-order valence-corrected chi connectivity index (χ3v) is 5.66. The number of fused-ring (bicyclic) bond motifs is 2. The van der Waals surface area contributed by atoms with Gasteiger partial charge in [-0.3, -0.25) is 0 Å². The van der Waals surface area contributed by atoms with Crippen molar-refractivity contribution in [3.63, 3.8) is 0 Å². The van der Waals surface area contributed by atoms with Crippen molar-refractivity contribution in [3.8, 4) is 22.8 Å². The van der Waals surface area contributed by atoms with E-state index in [-0.39, 0.29) is 5.56 Å². The van der Waals surface area contributed by atoms with E-state index in [0.717, 1.165) is 5.39 Å². The lowest BCUT2D eigenvalue weighted by Gasteiger charge is -2.11. The second-order valence-electron chi connectivity index (χ2n) is 7.45. The molecule has 0 fully saturated rings. The minimum atomic E-state index is -0.588. The predicted octanol–water partition coefficient (Wildman–Crippen LogP) is 6.40. The Kier molecular flexibility index (Phi) is 5.15. The number of benzene rings is 3. The van der Waals surface area contributed by atoms with Crippen LogP contribution in [0.15, 0.2) is 80.4 Å². The number of esters is 1. The number of methoxy groups -OCH3 is 1. The van der Waals surface area contributed by atoms with E-state index in [1.807, 2.05) is 18.2 Å². The summed E-state index contributed by atoms with van der Waals surface area (Å²) in [5.41, 5.74) is 1.77. The number of halogens is 1. The van der Waals surface area contributed by atoms with Crippen LogP contribution in [0.5, 0.6) is 11.5 Å². The van der Waals surface area contributed by atoms with Gasteiger partial charge >= 0.3 is 11.6 Å². The molecule has 7 heteroatoms. The van der Waals surface area contributed by atoms with Crippen LogP contribution in [0, 0.1) is 6.92 Å². The van der Waals surface area contributed by atoms with E-state index in [9.17, 15) is 9.59 Å². The number of hydrogen-bond acceptors (Lipinski definition) is 6. The molecule has 33 heavy (non-hydrogen) atoms. The fraction of sp³-hybridized carbons (Fsp3) is 0.0769. The second kappa shape index (κ2) is 8.15. The Morgan fingerprint density at radius 1 is 0.939 bits per heavy atom. The van der Waals surface area contributed by atoms with Crippen molar-refractivity contribution in [3.05, 3.63) is 93.3 Å². The molecule has 5 aromatic rings. The second-order valence-corrected chi connectivity index (χ2v) is 7.86. The van der Waals surface area contributed by atoms with Gasteiger partial charge in [-0.1, -0.05) is 35.9 Å².